The summed E-state index contributed by atoms with van der Waals surface area (Å²) in [5.74, 6) is -1.22. The van der Waals surface area contributed by atoms with Crippen molar-refractivity contribution in [2.45, 2.75) is 0 Å². The number of phosphoric ester groups is 1. The average molecular weight is 204 g/mol. The van der Waals surface area contributed by atoms with Gasteiger partial charge in [-0.15, -0.1) is 0 Å². The van der Waals surface area contributed by atoms with E-state index in [-0.39, 0.29) is 0 Å². The van der Waals surface area contributed by atoms with E-state index >= 15 is 0 Å². The van der Waals surface area contributed by atoms with Crippen molar-refractivity contribution < 1.29 is 29.1 Å². The zero-order valence-electron chi connectivity index (χ0n) is 6.21. The molecule has 0 atom stereocenters. The molecule has 0 heterocycles. The molecule has 0 radical (unpaired) electrons. The van der Waals surface area contributed by atoms with Crippen molar-refractivity contribution in [3.63, 3.8) is 0 Å². The van der Waals surface area contributed by atoms with Gasteiger partial charge >= 0.3 is 0 Å². The largest absolute Gasteiger partial charge is 0.780 e. The first-order chi connectivity index (χ1) is 5.87. The number of phenolic OH excluding ortho intramolecular Hbond substituents is 2. The van der Waals surface area contributed by atoms with Crippen LogP contribution in [0.4, 0.5) is 0 Å². The zero-order chi connectivity index (χ0) is 10.1. The normalized spacial score (nSPS) is 11.2. The Bertz CT molecular complexity index is 336. The smallest absolute Gasteiger partial charge is 0.131 e. The highest BCUT2D eigenvalue weighted by molar-refractivity contribution is 7.43. The third-order valence-corrected chi connectivity index (χ3v) is 1.53. The number of rotatable bonds is 2. The van der Waals surface area contributed by atoms with Gasteiger partial charge in [0.2, 0.25) is 0 Å². The Hall–Kier alpha value is -1.23. The molecule has 0 fully saturated rings. The first-order valence-corrected chi connectivity index (χ1v) is 4.57. The van der Waals surface area contributed by atoms with Crippen LogP contribution in [0.15, 0.2) is 18.2 Å². The van der Waals surface area contributed by atoms with Gasteiger partial charge in [-0.3, -0.25) is 0 Å². The highest BCUT2D eigenvalue weighted by atomic mass is 31.2. The molecule has 0 unspecified atom stereocenters. The van der Waals surface area contributed by atoms with Crippen LogP contribution in [-0.2, 0) is 4.57 Å². The second kappa shape index (κ2) is 3.26. The van der Waals surface area contributed by atoms with E-state index in [1.807, 2.05) is 0 Å². The monoisotopic (exact) mass is 204 g/mol. The molecule has 13 heavy (non-hydrogen) atoms. The number of hydrogen-bond donors (Lipinski definition) is 2. The summed E-state index contributed by atoms with van der Waals surface area (Å²) in [6.45, 7) is 0. The van der Waals surface area contributed by atoms with Crippen molar-refractivity contribution in [1.29, 1.82) is 0 Å². The van der Waals surface area contributed by atoms with Crippen molar-refractivity contribution in [1.82, 2.24) is 0 Å². The highest BCUT2D eigenvalue weighted by Crippen LogP contribution is 2.33. The van der Waals surface area contributed by atoms with Gasteiger partial charge in [-0.25, -0.2) is 0 Å². The average Bonchev–Trinajstić information content (AvgIpc) is 1.78. The third kappa shape index (κ3) is 3.33. The van der Waals surface area contributed by atoms with E-state index in [4.69, 9.17) is 10.2 Å². The summed E-state index contributed by atoms with van der Waals surface area (Å²) in [5.41, 5.74) is 0. The van der Waals surface area contributed by atoms with Crippen molar-refractivity contribution in [2.75, 3.05) is 0 Å². The maximum atomic E-state index is 10.1. The lowest BCUT2D eigenvalue weighted by Gasteiger charge is -2.28. The molecular formula is C6H5O6P-2. The summed E-state index contributed by atoms with van der Waals surface area (Å²) >= 11 is 0. The first-order valence-electron chi connectivity index (χ1n) is 3.11. The van der Waals surface area contributed by atoms with Crippen molar-refractivity contribution >= 4 is 7.82 Å². The van der Waals surface area contributed by atoms with E-state index in [1.165, 1.54) is 0 Å². The molecule has 0 saturated heterocycles. The molecule has 0 amide bonds. The molecule has 72 valence electrons. The molecule has 0 spiro atoms. The topological polar surface area (TPSA) is 113 Å². The maximum Gasteiger partial charge on any atom is 0.131 e. The quantitative estimate of drug-likeness (QED) is 0.616. The lowest BCUT2D eigenvalue weighted by Crippen LogP contribution is -2.18. The third-order valence-electron chi connectivity index (χ3n) is 1.09. The van der Waals surface area contributed by atoms with Crippen LogP contribution in [-0.4, -0.2) is 10.2 Å². The minimum absolute atomic E-state index is 0.400. The van der Waals surface area contributed by atoms with E-state index in [1.54, 1.807) is 0 Å². The molecular weight excluding hydrogens is 199 g/mol. The standard InChI is InChI=1S/C6H7O6P/c7-4-1-5(8)3-6(2-4)12-13(9,10)11/h1-3,7-8H,(H2,9,10,11)/p-2. The van der Waals surface area contributed by atoms with E-state index in [0.717, 1.165) is 18.2 Å². The van der Waals surface area contributed by atoms with Crippen LogP contribution in [0.5, 0.6) is 17.2 Å². The number of aromatic hydroxyl groups is 2. The number of phenols is 2. The first kappa shape index (κ1) is 9.85. The molecule has 2 N–H and O–H groups in total. The predicted octanol–water partition coefficient (Wildman–Crippen LogP) is -0.695. The molecule has 0 aromatic heterocycles. The fourth-order valence-corrected chi connectivity index (χ4v) is 1.11. The summed E-state index contributed by atoms with van der Waals surface area (Å²) in [7, 11) is -5.15. The molecule has 0 bridgehead atoms. The van der Waals surface area contributed by atoms with E-state index in [2.05, 4.69) is 4.52 Å². The van der Waals surface area contributed by atoms with Gasteiger partial charge in [0.1, 0.15) is 25.1 Å². The van der Waals surface area contributed by atoms with Gasteiger partial charge in [0.05, 0.1) is 0 Å². The highest BCUT2D eigenvalue weighted by Gasteiger charge is 2.01. The SMILES string of the molecule is O=P([O-])([O-])Oc1cc(O)cc(O)c1. The van der Waals surface area contributed by atoms with Crippen LogP contribution in [0.3, 0.4) is 0 Å². The van der Waals surface area contributed by atoms with Crippen LogP contribution in [0.2, 0.25) is 0 Å². The number of phosphoric acid groups is 1. The molecule has 0 aliphatic rings. The van der Waals surface area contributed by atoms with Crippen molar-refractivity contribution in [3.05, 3.63) is 18.2 Å². The Balaban J connectivity index is 2.96. The van der Waals surface area contributed by atoms with Gasteiger partial charge in [-0.2, -0.15) is 0 Å². The second-order valence-electron chi connectivity index (χ2n) is 2.22. The van der Waals surface area contributed by atoms with E-state index in [0.29, 0.717) is 0 Å². The van der Waals surface area contributed by atoms with Gasteiger partial charge < -0.3 is 29.1 Å². The van der Waals surface area contributed by atoms with Gasteiger partial charge in [0.15, 0.2) is 0 Å². The molecule has 1 aromatic rings. The minimum Gasteiger partial charge on any atom is -0.780 e. The Morgan fingerprint density at radius 1 is 1.15 bits per heavy atom. The molecule has 7 heteroatoms. The predicted molar refractivity (Wildman–Crippen MR) is 38.0 cm³/mol. The zero-order valence-corrected chi connectivity index (χ0v) is 7.10. The van der Waals surface area contributed by atoms with Crippen LogP contribution >= 0.6 is 7.82 Å². The Morgan fingerprint density at radius 2 is 1.62 bits per heavy atom. The van der Waals surface area contributed by atoms with Crippen molar-refractivity contribution in [2.24, 2.45) is 0 Å². The summed E-state index contributed by atoms with van der Waals surface area (Å²) in [6, 6.07) is 2.75. The van der Waals surface area contributed by atoms with E-state index < -0.39 is 25.1 Å². The fourth-order valence-electron chi connectivity index (χ4n) is 0.750. The summed E-state index contributed by atoms with van der Waals surface area (Å²) in [4.78, 5) is 20.2. The summed E-state index contributed by atoms with van der Waals surface area (Å²) < 4.78 is 14.0. The number of benzene rings is 1. The molecule has 0 saturated carbocycles. The Kier molecular flexibility index (Phi) is 2.47. The van der Waals surface area contributed by atoms with Crippen LogP contribution in [0.25, 0.3) is 0 Å². The van der Waals surface area contributed by atoms with Gasteiger partial charge in [-0.1, -0.05) is 0 Å². The second-order valence-corrected chi connectivity index (χ2v) is 3.30. The summed E-state index contributed by atoms with van der Waals surface area (Å²) in [5, 5.41) is 17.7. The molecule has 1 rings (SSSR count). The number of hydrogen-bond acceptors (Lipinski definition) is 6. The lowest BCUT2D eigenvalue weighted by molar-refractivity contribution is -0.333. The fraction of sp³-hybridized carbons (Fsp3) is 0. The Labute approximate surface area is 73.3 Å². The van der Waals surface area contributed by atoms with Crippen LogP contribution in [0, 0.1) is 0 Å². The lowest BCUT2D eigenvalue weighted by atomic mass is 10.3. The molecule has 0 aliphatic heterocycles. The van der Waals surface area contributed by atoms with E-state index in [9.17, 15) is 14.4 Å². The van der Waals surface area contributed by atoms with Gasteiger partial charge in [0.25, 0.3) is 0 Å². The molecule has 0 aliphatic carbocycles. The molecule has 1 aromatic carbocycles. The molecule has 6 nitrogen and oxygen atoms in total. The van der Waals surface area contributed by atoms with Crippen LogP contribution in [0.1, 0.15) is 0 Å². The minimum atomic E-state index is -5.15. The van der Waals surface area contributed by atoms with Gasteiger partial charge in [-0.05, 0) is 0 Å². The van der Waals surface area contributed by atoms with Gasteiger partial charge in [0, 0.05) is 18.2 Å². The van der Waals surface area contributed by atoms with Crippen LogP contribution < -0.4 is 14.3 Å². The maximum absolute atomic E-state index is 10.1. The Morgan fingerprint density at radius 3 is 2.00 bits per heavy atom. The van der Waals surface area contributed by atoms with Crippen molar-refractivity contribution in [3.8, 4) is 17.2 Å². The summed E-state index contributed by atoms with van der Waals surface area (Å²) in [6.07, 6.45) is 0.